The van der Waals surface area contributed by atoms with Gasteiger partial charge in [0.25, 0.3) is 0 Å². The molecule has 66 valence electrons. The van der Waals surface area contributed by atoms with Crippen molar-refractivity contribution in [1.82, 2.24) is 15.0 Å². The fourth-order valence-electron chi connectivity index (χ4n) is 1.54. The van der Waals surface area contributed by atoms with Crippen LogP contribution in [0, 0.1) is 0 Å². The van der Waals surface area contributed by atoms with E-state index in [9.17, 15) is 0 Å². The van der Waals surface area contributed by atoms with Crippen LogP contribution in [0.15, 0.2) is 18.5 Å². The minimum Gasteiger partial charge on any atom is -0.346 e. The Hall–Kier alpha value is -1.38. The van der Waals surface area contributed by atoms with Crippen molar-refractivity contribution in [3.8, 4) is 0 Å². The Morgan fingerprint density at radius 1 is 1.46 bits per heavy atom. The number of H-pyrrole nitrogens is 1. The Kier molecular flexibility index (Phi) is 1.14. The fraction of sp³-hybridized carbons (Fsp3) is 0.400. The van der Waals surface area contributed by atoms with Gasteiger partial charge in [0, 0.05) is 23.2 Å². The minimum atomic E-state index is 0.263. The Labute approximate surface area is 76.2 Å². The highest BCUT2D eigenvalue weighted by atomic mass is 15.0. The van der Waals surface area contributed by atoms with Crippen LogP contribution in [0.4, 0.5) is 0 Å². The van der Waals surface area contributed by atoms with Gasteiger partial charge >= 0.3 is 0 Å². The van der Waals surface area contributed by atoms with Crippen LogP contribution in [0.5, 0.6) is 0 Å². The first-order valence-electron chi connectivity index (χ1n) is 4.59. The van der Waals surface area contributed by atoms with E-state index in [4.69, 9.17) is 0 Å². The predicted molar refractivity (Wildman–Crippen MR) is 50.5 cm³/mol. The summed E-state index contributed by atoms with van der Waals surface area (Å²) in [7, 11) is 0. The first kappa shape index (κ1) is 7.06. The summed E-state index contributed by atoms with van der Waals surface area (Å²) < 4.78 is 0. The Morgan fingerprint density at radius 2 is 2.31 bits per heavy atom. The van der Waals surface area contributed by atoms with Gasteiger partial charge in [-0.05, 0) is 18.9 Å². The van der Waals surface area contributed by atoms with Gasteiger partial charge in [0.2, 0.25) is 0 Å². The molecule has 0 bridgehead atoms. The molecule has 1 saturated carbocycles. The molecule has 1 aliphatic carbocycles. The van der Waals surface area contributed by atoms with E-state index < -0.39 is 0 Å². The molecule has 2 aromatic heterocycles. The lowest BCUT2D eigenvalue weighted by Gasteiger charge is -2.04. The van der Waals surface area contributed by atoms with Crippen molar-refractivity contribution in [3.63, 3.8) is 0 Å². The highest BCUT2D eigenvalue weighted by Crippen LogP contribution is 2.45. The molecule has 0 amide bonds. The molecule has 0 atom stereocenters. The zero-order valence-electron chi connectivity index (χ0n) is 7.54. The SMILES string of the molecule is CC1(c2ncc3cc[nH]c3n2)CC1. The molecule has 1 N–H and O–H groups in total. The number of fused-ring (bicyclic) bond motifs is 1. The summed E-state index contributed by atoms with van der Waals surface area (Å²) in [6.45, 7) is 2.22. The van der Waals surface area contributed by atoms with Crippen LogP contribution >= 0.6 is 0 Å². The standard InChI is InChI=1S/C10H11N3/c1-10(3-4-10)9-12-6-7-2-5-11-8(7)13-9/h2,5-6H,3-4H2,1H3,(H,11,12,13). The summed E-state index contributed by atoms with van der Waals surface area (Å²) >= 11 is 0. The van der Waals surface area contributed by atoms with Crippen LogP contribution in [0.3, 0.4) is 0 Å². The van der Waals surface area contributed by atoms with Gasteiger partial charge in [0.15, 0.2) is 0 Å². The van der Waals surface area contributed by atoms with Crippen LogP contribution in [0.2, 0.25) is 0 Å². The van der Waals surface area contributed by atoms with Crippen LogP contribution in [0.25, 0.3) is 11.0 Å². The molecule has 0 saturated heterocycles. The summed E-state index contributed by atoms with van der Waals surface area (Å²) in [5.41, 5.74) is 1.22. The van der Waals surface area contributed by atoms with Crippen molar-refractivity contribution in [1.29, 1.82) is 0 Å². The predicted octanol–water partition coefficient (Wildman–Crippen LogP) is 2.01. The molecule has 0 aromatic carbocycles. The lowest BCUT2D eigenvalue weighted by molar-refractivity contribution is 0.714. The maximum absolute atomic E-state index is 4.50. The third-order valence-corrected chi connectivity index (χ3v) is 2.84. The van der Waals surface area contributed by atoms with Gasteiger partial charge in [-0.15, -0.1) is 0 Å². The zero-order chi connectivity index (χ0) is 8.89. The van der Waals surface area contributed by atoms with Crippen LogP contribution in [-0.4, -0.2) is 15.0 Å². The van der Waals surface area contributed by atoms with Gasteiger partial charge < -0.3 is 4.98 Å². The van der Waals surface area contributed by atoms with E-state index in [2.05, 4.69) is 21.9 Å². The number of aromatic amines is 1. The Bertz CT molecular complexity index is 454. The molecule has 13 heavy (non-hydrogen) atoms. The molecule has 2 heterocycles. The lowest BCUT2D eigenvalue weighted by atomic mass is 10.1. The first-order chi connectivity index (χ1) is 6.28. The van der Waals surface area contributed by atoms with E-state index in [1.54, 1.807) is 0 Å². The molecule has 3 heteroatoms. The van der Waals surface area contributed by atoms with Crippen molar-refractivity contribution < 1.29 is 0 Å². The number of hydrogen-bond acceptors (Lipinski definition) is 2. The number of aromatic nitrogens is 3. The van der Waals surface area contributed by atoms with Crippen LogP contribution < -0.4 is 0 Å². The number of nitrogens with one attached hydrogen (secondary N) is 1. The van der Waals surface area contributed by atoms with Crippen molar-refractivity contribution in [3.05, 3.63) is 24.3 Å². The zero-order valence-corrected chi connectivity index (χ0v) is 7.54. The normalized spacial score (nSPS) is 19.2. The highest BCUT2D eigenvalue weighted by Gasteiger charge is 2.42. The molecule has 1 fully saturated rings. The quantitative estimate of drug-likeness (QED) is 0.716. The Morgan fingerprint density at radius 3 is 3.08 bits per heavy atom. The summed E-state index contributed by atoms with van der Waals surface area (Å²) in [5, 5.41) is 1.09. The van der Waals surface area contributed by atoms with E-state index in [0.29, 0.717) is 0 Å². The van der Waals surface area contributed by atoms with Gasteiger partial charge in [-0.25, -0.2) is 9.97 Å². The summed E-state index contributed by atoms with van der Waals surface area (Å²) in [4.78, 5) is 12.0. The molecule has 0 unspecified atom stereocenters. The van der Waals surface area contributed by atoms with E-state index in [1.165, 1.54) is 12.8 Å². The van der Waals surface area contributed by atoms with Crippen LogP contribution in [-0.2, 0) is 5.41 Å². The highest BCUT2D eigenvalue weighted by molar-refractivity contribution is 5.74. The van der Waals surface area contributed by atoms with Crippen molar-refractivity contribution in [2.24, 2.45) is 0 Å². The Balaban J connectivity index is 2.20. The van der Waals surface area contributed by atoms with Gasteiger partial charge in [-0.3, -0.25) is 0 Å². The largest absolute Gasteiger partial charge is 0.346 e. The molecule has 0 radical (unpaired) electrons. The molecular weight excluding hydrogens is 162 g/mol. The van der Waals surface area contributed by atoms with Crippen LogP contribution in [0.1, 0.15) is 25.6 Å². The minimum absolute atomic E-state index is 0.263. The summed E-state index contributed by atoms with van der Waals surface area (Å²) in [6.07, 6.45) is 6.24. The van der Waals surface area contributed by atoms with E-state index in [-0.39, 0.29) is 5.41 Å². The van der Waals surface area contributed by atoms with E-state index in [1.807, 2.05) is 18.5 Å². The number of rotatable bonds is 1. The maximum atomic E-state index is 4.50. The third-order valence-electron chi connectivity index (χ3n) is 2.84. The molecule has 2 aromatic rings. The van der Waals surface area contributed by atoms with Crippen molar-refractivity contribution in [2.75, 3.05) is 0 Å². The molecular formula is C10H11N3. The van der Waals surface area contributed by atoms with Crippen molar-refractivity contribution >= 4 is 11.0 Å². The average Bonchev–Trinajstić information content (AvgIpc) is 2.74. The molecule has 3 rings (SSSR count). The fourth-order valence-corrected chi connectivity index (χ4v) is 1.54. The molecule has 0 spiro atoms. The monoisotopic (exact) mass is 173 g/mol. The van der Waals surface area contributed by atoms with E-state index in [0.717, 1.165) is 16.9 Å². The van der Waals surface area contributed by atoms with Gasteiger partial charge in [-0.2, -0.15) is 0 Å². The summed E-state index contributed by atoms with van der Waals surface area (Å²) in [6, 6.07) is 1.99. The number of nitrogens with zero attached hydrogens (tertiary/aromatic N) is 2. The second kappa shape index (κ2) is 2.10. The molecule has 3 nitrogen and oxygen atoms in total. The van der Waals surface area contributed by atoms with Gasteiger partial charge in [0.05, 0.1) is 0 Å². The lowest BCUT2D eigenvalue weighted by Crippen LogP contribution is -2.05. The second-order valence-corrected chi connectivity index (χ2v) is 4.04. The van der Waals surface area contributed by atoms with Gasteiger partial charge in [0.1, 0.15) is 11.5 Å². The van der Waals surface area contributed by atoms with Gasteiger partial charge in [-0.1, -0.05) is 6.92 Å². The third kappa shape index (κ3) is 0.963. The van der Waals surface area contributed by atoms with Crippen molar-refractivity contribution in [2.45, 2.75) is 25.2 Å². The maximum Gasteiger partial charge on any atom is 0.141 e. The topological polar surface area (TPSA) is 41.6 Å². The summed E-state index contributed by atoms with van der Waals surface area (Å²) in [5.74, 6) is 0.988. The smallest absolute Gasteiger partial charge is 0.141 e. The molecule has 0 aliphatic heterocycles. The second-order valence-electron chi connectivity index (χ2n) is 4.04. The first-order valence-corrected chi connectivity index (χ1v) is 4.59. The molecule has 1 aliphatic rings. The number of hydrogen-bond donors (Lipinski definition) is 1. The average molecular weight is 173 g/mol. The van der Waals surface area contributed by atoms with E-state index >= 15 is 0 Å².